The summed E-state index contributed by atoms with van der Waals surface area (Å²) in [5.41, 5.74) is 0.318. The SMILES string of the molecule is O=C(Cl)c1ccc[c-]1C(=O)Cl.[Ru].[cH-]1[cH-][cH-][cH-][cH-]1. The van der Waals surface area contributed by atoms with Crippen molar-refractivity contribution in [2.45, 2.75) is 0 Å². The molecule has 0 spiro atoms. The van der Waals surface area contributed by atoms with Crippen molar-refractivity contribution in [2.24, 2.45) is 0 Å². The molecule has 5 heteroatoms. The van der Waals surface area contributed by atoms with Crippen molar-refractivity contribution in [3.63, 3.8) is 0 Å². The van der Waals surface area contributed by atoms with Crippen molar-refractivity contribution in [3.8, 4) is 0 Å². The molecule has 0 fully saturated rings. The van der Waals surface area contributed by atoms with Crippen LogP contribution < -0.4 is 0 Å². The first-order valence-electron chi connectivity index (χ1n) is 4.45. The maximum atomic E-state index is 10.6. The van der Waals surface area contributed by atoms with Gasteiger partial charge in [0, 0.05) is 19.5 Å². The zero-order valence-corrected chi connectivity index (χ0v) is 11.8. The zero-order chi connectivity index (χ0) is 12.0. The van der Waals surface area contributed by atoms with Crippen LogP contribution in [0, 0.1) is 0 Å². The predicted molar refractivity (Wildman–Crippen MR) is 64.4 cm³/mol. The molecule has 0 saturated heterocycles. The summed E-state index contributed by atoms with van der Waals surface area (Å²) in [5.74, 6) is 0. The fourth-order valence-corrected chi connectivity index (χ4v) is 1.41. The molecule has 0 amide bonds. The Balaban J connectivity index is 0.000000360. The van der Waals surface area contributed by atoms with Gasteiger partial charge in [0.05, 0.1) is 0 Å². The Morgan fingerprint density at radius 2 is 1.53 bits per heavy atom. The minimum absolute atomic E-state index is 0. The average molecular weight is 356 g/mol. The van der Waals surface area contributed by atoms with E-state index in [4.69, 9.17) is 23.2 Å². The third kappa shape index (κ3) is 5.40. The summed E-state index contributed by atoms with van der Waals surface area (Å²) in [6.07, 6.45) is 0. The van der Waals surface area contributed by atoms with Crippen LogP contribution >= 0.6 is 23.2 Å². The molecule has 2 aromatic carbocycles. The normalized spacial score (nSPS) is 8.59. The smallest absolute Gasteiger partial charge is 0.211 e. The van der Waals surface area contributed by atoms with Crippen molar-refractivity contribution in [3.05, 3.63) is 59.7 Å². The first-order chi connectivity index (χ1) is 7.63. The van der Waals surface area contributed by atoms with Gasteiger partial charge < -0.3 is 35.1 Å². The van der Waals surface area contributed by atoms with E-state index in [1.54, 1.807) is 6.07 Å². The van der Waals surface area contributed by atoms with Gasteiger partial charge in [0.2, 0.25) is 5.24 Å². The minimum atomic E-state index is -0.668. The molecule has 17 heavy (non-hydrogen) atoms. The average Bonchev–Trinajstić information content (AvgIpc) is 2.92. The topological polar surface area (TPSA) is 34.1 Å². The predicted octanol–water partition coefficient (Wildman–Crippen LogP) is 3.57. The third-order valence-electron chi connectivity index (χ3n) is 1.80. The molecule has 0 aliphatic heterocycles. The van der Waals surface area contributed by atoms with E-state index in [0.29, 0.717) is 0 Å². The van der Waals surface area contributed by atoms with Crippen LogP contribution in [0.2, 0.25) is 0 Å². The monoisotopic (exact) mass is 356 g/mol. The number of carbonyl (C=O) groups excluding carboxylic acids is 2. The van der Waals surface area contributed by atoms with Gasteiger partial charge in [-0.3, -0.25) is 4.79 Å². The molecule has 2 rings (SSSR count). The van der Waals surface area contributed by atoms with Gasteiger partial charge in [-0.15, -0.1) is 17.7 Å². The second-order valence-electron chi connectivity index (χ2n) is 2.86. The fraction of sp³-hybridized carbons (Fsp3) is 0. The van der Waals surface area contributed by atoms with Crippen LogP contribution in [0.15, 0.2) is 48.5 Å². The van der Waals surface area contributed by atoms with E-state index in [1.165, 1.54) is 12.1 Å². The van der Waals surface area contributed by atoms with Crippen molar-refractivity contribution >= 4 is 33.7 Å². The van der Waals surface area contributed by atoms with E-state index in [0.717, 1.165) is 0 Å². The zero-order valence-electron chi connectivity index (χ0n) is 8.54. The maximum Gasteiger partial charge on any atom is 0.211 e. The van der Waals surface area contributed by atoms with Crippen molar-refractivity contribution < 1.29 is 29.1 Å². The Labute approximate surface area is 122 Å². The van der Waals surface area contributed by atoms with E-state index in [1.807, 2.05) is 30.3 Å². The van der Waals surface area contributed by atoms with Crippen LogP contribution in [0.4, 0.5) is 0 Å². The molecule has 0 N–H and O–H groups in total. The number of hydrogen-bond acceptors (Lipinski definition) is 2. The second kappa shape index (κ2) is 8.35. The van der Waals surface area contributed by atoms with Gasteiger partial charge in [-0.1, -0.05) is 5.56 Å². The summed E-state index contributed by atoms with van der Waals surface area (Å²) < 4.78 is 0. The van der Waals surface area contributed by atoms with Gasteiger partial charge in [-0.05, 0) is 17.2 Å². The third-order valence-corrected chi connectivity index (χ3v) is 2.20. The Kier molecular flexibility index (Phi) is 7.98. The van der Waals surface area contributed by atoms with Crippen molar-refractivity contribution in [2.75, 3.05) is 0 Å². The minimum Gasteiger partial charge on any atom is -0.748 e. The molecule has 0 aliphatic carbocycles. The summed E-state index contributed by atoms with van der Waals surface area (Å²) >= 11 is 10.3. The van der Waals surface area contributed by atoms with Gasteiger partial charge in [0.15, 0.2) is 5.24 Å². The molecular weight excluding hydrogens is 348 g/mol. The summed E-state index contributed by atoms with van der Waals surface area (Å²) in [7, 11) is 0. The summed E-state index contributed by atoms with van der Waals surface area (Å²) in [6.45, 7) is 0. The Morgan fingerprint density at radius 3 is 1.82 bits per heavy atom. The quantitative estimate of drug-likeness (QED) is 0.468. The molecule has 0 aromatic heterocycles. The molecule has 96 valence electrons. The van der Waals surface area contributed by atoms with Gasteiger partial charge >= 0.3 is 0 Å². The van der Waals surface area contributed by atoms with E-state index < -0.39 is 10.5 Å². The molecule has 2 aromatic rings. The first-order valence-corrected chi connectivity index (χ1v) is 5.20. The van der Waals surface area contributed by atoms with Gasteiger partial charge in [0.1, 0.15) is 0 Å². The van der Waals surface area contributed by atoms with Crippen LogP contribution in [-0.4, -0.2) is 10.5 Å². The molecule has 0 saturated carbocycles. The standard InChI is InChI=1S/C7H3Cl2O2.C5H5.Ru/c8-6(10)4-2-1-3-5(4)7(9)11;1-2-4-5-3-1;/h1-3H;1-5H;/q-1;-5;. The van der Waals surface area contributed by atoms with Gasteiger partial charge in [-0.25, -0.2) is 0 Å². The van der Waals surface area contributed by atoms with Crippen LogP contribution in [0.3, 0.4) is 0 Å². The summed E-state index contributed by atoms with van der Waals surface area (Å²) in [5, 5.41) is -1.34. The van der Waals surface area contributed by atoms with Crippen LogP contribution in [0.1, 0.15) is 20.7 Å². The number of rotatable bonds is 2. The largest absolute Gasteiger partial charge is 0.748 e. The van der Waals surface area contributed by atoms with E-state index >= 15 is 0 Å². The maximum absolute atomic E-state index is 10.6. The molecule has 0 unspecified atom stereocenters. The number of hydrogen-bond donors (Lipinski definition) is 0. The van der Waals surface area contributed by atoms with Crippen molar-refractivity contribution in [1.82, 2.24) is 0 Å². The van der Waals surface area contributed by atoms with Crippen LogP contribution in [0.5, 0.6) is 0 Å². The molecule has 0 aliphatic rings. The second-order valence-corrected chi connectivity index (χ2v) is 3.55. The molecule has 0 radical (unpaired) electrons. The van der Waals surface area contributed by atoms with Gasteiger partial charge in [0.25, 0.3) is 0 Å². The fourth-order valence-electron chi connectivity index (χ4n) is 1.08. The van der Waals surface area contributed by atoms with Crippen LogP contribution in [-0.2, 0) is 19.5 Å². The number of carbonyl (C=O) groups is 2. The van der Waals surface area contributed by atoms with E-state index in [9.17, 15) is 9.59 Å². The van der Waals surface area contributed by atoms with E-state index in [-0.39, 0.29) is 30.6 Å². The number of halogens is 2. The van der Waals surface area contributed by atoms with Gasteiger partial charge in [-0.2, -0.15) is 12.1 Å². The summed E-state index contributed by atoms with van der Waals surface area (Å²) in [6, 6.07) is 14.4. The first kappa shape index (κ1) is 16.2. The van der Waals surface area contributed by atoms with E-state index in [2.05, 4.69) is 0 Å². The van der Waals surface area contributed by atoms with Crippen LogP contribution in [0.25, 0.3) is 0 Å². The molecule has 0 atom stereocenters. The Morgan fingerprint density at radius 1 is 1.06 bits per heavy atom. The molecule has 2 nitrogen and oxygen atoms in total. The Bertz CT molecular complexity index is 415. The van der Waals surface area contributed by atoms with Crippen molar-refractivity contribution in [1.29, 1.82) is 0 Å². The molecular formula is C12H8Cl2O2Ru-6. The molecule has 0 bridgehead atoms. The molecule has 0 heterocycles. The Hall–Kier alpha value is -0.757. The summed E-state index contributed by atoms with van der Waals surface area (Å²) in [4.78, 5) is 21.2.